The topological polar surface area (TPSA) is 94.4 Å². The molecule has 2 aromatic rings. The minimum absolute atomic E-state index is 0.128. The lowest BCUT2D eigenvalue weighted by atomic mass is 10.1. The average molecular weight is 364 g/mol. The molecule has 0 bridgehead atoms. The Kier molecular flexibility index (Phi) is 4.61. The molecular weight excluding hydrogens is 344 g/mol. The Labute approximate surface area is 146 Å². The van der Waals surface area contributed by atoms with Crippen molar-refractivity contribution in [2.45, 2.75) is 31.7 Å². The summed E-state index contributed by atoms with van der Waals surface area (Å²) in [4.78, 5) is 12.2. The molecule has 0 aliphatic carbocycles. The number of hydrogen-bond acceptors (Lipinski definition) is 6. The van der Waals surface area contributed by atoms with Gasteiger partial charge in [0.2, 0.25) is 10.0 Å². The second-order valence-electron chi connectivity index (χ2n) is 5.89. The minimum atomic E-state index is -3.73. The molecule has 0 unspecified atom stereocenters. The first-order chi connectivity index (χ1) is 11.9. The Hall–Kier alpha value is -2.26. The normalized spacial score (nSPS) is 15.0. The summed E-state index contributed by atoms with van der Waals surface area (Å²) >= 11 is 0. The number of fused-ring (bicyclic) bond motifs is 1. The molecule has 0 spiro atoms. The molecule has 0 saturated heterocycles. The largest absolute Gasteiger partial charge is 0.461 e. The maximum absolute atomic E-state index is 13.1. The molecule has 0 atom stereocenters. The first kappa shape index (κ1) is 17.6. The lowest BCUT2D eigenvalue weighted by Crippen LogP contribution is -2.36. The number of hydrogen-bond donors (Lipinski definition) is 0. The standard InChI is InChI=1S/C16H20N4O4S/c1-4-24-16(21)14-7-15(11(2)19(14)3)25(22,23)20-6-5-12-8-17-18-9-13(12)10-20/h7-9H,4-6,10H2,1-3H3. The maximum Gasteiger partial charge on any atom is 0.354 e. The molecular formula is C16H20N4O4S. The van der Waals surface area contributed by atoms with E-state index in [0.29, 0.717) is 18.7 Å². The average Bonchev–Trinajstić information content (AvgIpc) is 2.91. The first-order valence-corrected chi connectivity index (χ1v) is 9.42. The van der Waals surface area contributed by atoms with Crippen molar-refractivity contribution in [2.24, 2.45) is 7.05 Å². The molecule has 0 amide bonds. The first-order valence-electron chi connectivity index (χ1n) is 7.98. The number of rotatable bonds is 4. The third-order valence-corrected chi connectivity index (χ3v) is 6.44. The highest BCUT2D eigenvalue weighted by Crippen LogP contribution is 2.28. The maximum atomic E-state index is 13.1. The van der Waals surface area contributed by atoms with Crippen molar-refractivity contribution in [1.82, 2.24) is 19.1 Å². The second-order valence-corrected chi connectivity index (χ2v) is 7.79. The van der Waals surface area contributed by atoms with Gasteiger partial charge < -0.3 is 9.30 Å². The molecule has 134 valence electrons. The van der Waals surface area contributed by atoms with Gasteiger partial charge in [0, 0.05) is 25.8 Å². The fourth-order valence-corrected chi connectivity index (χ4v) is 4.62. The summed E-state index contributed by atoms with van der Waals surface area (Å²) in [6.45, 7) is 4.23. The van der Waals surface area contributed by atoms with Gasteiger partial charge in [-0.1, -0.05) is 0 Å². The fourth-order valence-electron chi connectivity index (χ4n) is 2.93. The number of nitrogens with zero attached hydrogens (tertiary/aromatic N) is 4. The molecule has 1 aliphatic heterocycles. The van der Waals surface area contributed by atoms with E-state index in [0.717, 1.165) is 11.1 Å². The molecule has 0 fully saturated rings. The van der Waals surface area contributed by atoms with Crippen LogP contribution >= 0.6 is 0 Å². The van der Waals surface area contributed by atoms with E-state index in [9.17, 15) is 13.2 Å². The van der Waals surface area contributed by atoms with E-state index in [1.807, 2.05) is 0 Å². The van der Waals surface area contributed by atoms with Crippen molar-refractivity contribution in [1.29, 1.82) is 0 Å². The Morgan fingerprint density at radius 2 is 1.96 bits per heavy atom. The molecule has 25 heavy (non-hydrogen) atoms. The zero-order chi connectivity index (χ0) is 18.2. The van der Waals surface area contributed by atoms with Gasteiger partial charge in [0.15, 0.2) is 0 Å². The van der Waals surface area contributed by atoms with Crippen LogP contribution in [0.1, 0.15) is 34.2 Å². The van der Waals surface area contributed by atoms with Gasteiger partial charge in [-0.15, -0.1) is 0 Å². The van der Waals surface area contributed by atoms with Crippen LogP contribution in [0.5, 0.6) is 0 Å². The molecule has 2 aromatic heterocycles. The molecule has 0 radical (unpaired) electrons. The number of ether oxygens (including phenoxy) is 1. The molecule has 0 aromatic carbocycles. The Bertz CT molecular complexity index is 920. The van der Waals surface area contributed by atoms with Gasteiger partial charge in [-0.3, -0.25) is 0 Å². The number of esters is 1. The number of aromatic nitrogens is 3. The van der Waals surface area contributed by atoms with Crippen molar-refractivity contribution in [2.75, 3.05) is 13.2 Å². The Morgan fingerprint density at radius 3 is 2.64 bits per heavy atom. The van der Waals surface area contributed by atoms with Gasteiger partial charge in [-0.25, -0.2) is 13.2 Å². The van der Waals surface area contributed by atoms with Gasteiger partial charge in [0.25, 0.3) is 0 Å². The Morgan fingerprint density at radius 1 is 1.28 bits per heavy atom. The van der Waals surface area contributed by atoms with Gasteiger partial charge in [0.1, 0.15) is 10.6 Å². The third-order valence-electron chi connectivity index (χ3n) is 4.47. The van der Waals surface area contributed by atoms with E-state index in [2.05, 4.69) is 10.2 Å². The van der Waals surface area contributed by atoms with E-state index < -0.39 is 16.0 Å². The summed E-state index contributed by atoms with van der Waals surface area (Å²) in [5, 5.41) is 7.67. The van der Waals surface area contributed by atoms with Crippen LogP contribution in [0, 0.1) is 6.92 Å². The SMILES string of the molecule is CCOC(=O)c1cc(S(=O)(=O)N2CCc3cnncc3C2)c(C)n1C. The number of sulfonamides is 1. The Balaban J connectivity index is 1.96. The highest BCUT2D eigenvalue weighted by Gasteiger charge is 2.32. The van der Waals surface area contributed by atoms with Crippen LogP contribution in [0.15, 0.2) is 23.4 Å². The lowest BCUT2D eigenvalue weighted by molar-refractivity contribution is 0.0515. The van der Waals surface area contributed by atoms with Crippen molar-refractivity contribution >= 4 is 16.0 Å². The van der Waals surface area contributed by atoms with Crippen molar-refractivity contribution in [3.8, 4) is 0 Å². The summed E-state index contributed by atoms with van der Waals surface area (Å²) < 4.78 is 34.1. The molecule has 0 N–H and O–H groups in total. The monoisotopic (exact) mass is 364 g/mol. The predicted molar refractivity (Wildman–Crippen MR) is 89.4 cm³/mol. The predicted octanol–water partition coefficient (Wildman–Crippen LogP) is 1.05. The minimum Gasteiger partial charge on any atom is -0.461 e. The van der Waals surface area contributed by atoms with E-state index in [1.54, 1.807) is 37.9 Å². The van der Waals surface area contributed by atoms with Crippen LogP contribution in [-0.2, 0) is 34.8 Å². The van der Waals surface area contributed by atoms with Gasteiger partial charge in [-0.05, 0) is 37.5 Å². The van der Waals surface area contributed by atoms with E-state index in [1.165, 1.54) is 10.4 Å². The zero-order valence-corrected chi connectivity index (χ0v) is 15.2. The second kappa shape index (κ2) is 6.57. The quantitative estimate of drug-likeness (QED) is 0.753. The van der Waals surface area contributed by atoms with Crippen molar-refractivity contribution in [3.63, 3.8) is 0 Å². The molecule has 9 heteroatoms. The molecule has 0 saturated carbocycles. The molecule has 1 aliphatic rings. The number of carbonyl (C=O) groups excluding carboxylic acids is 1. The summed E-state index contributed by atoms with van der Waals surface area (Å²) in [5.41, 5.74) is 2.59. The van der Waals surface area contributed by atoms with Gasteiger partial charge >= 0.3 is 5.97 Å². The molecule has 3 heterocycles. The van der Waals surface area contributed by atoms with Crippen LogP contribution < -0.4 is 0 Å². The van der Waals surface area contributed by atoms with Crippen molar-refractivity contribution < 1.29 is 17.9 Å². The summed E-state index contributed by atoms with van der Waals surface area (Å²) in [7, 11) is -2.07. The lowest BCUT2D eigenvalue weighted by Gasteiger charge is -2.27. The van der Waals surface area contributed by atoms with Crippen LogP contribution in [0.3, 0.4) is 0 Å². The van der Waals surface area contributed by atoms with E-state index in [4.69, 9.17) is 4.74 Å². The van der Waals surface area contributed by atoms with Crippen LogP contribution in [0.2, 0.25) is 0 Å². The molecule has 8 nitrogen and oxygen atoms in total. The van der Waals surface area contributed by atoms with Crippen LogP contribution in [0.4, 0.5) is 0 Å². The number of carbonyl (C=O) groups is 1. The van der Waals surface area contributed by atoms with Crippen LogP contribution in [0.25, 0.3) is 0 Å². The highest BCUT2D eigenvalue weighted by atomic mass is 32.2. The zero-order valence-electron chi connectivity index (χ0n) is 14.4. The van der Waals surface area contributed by atoms with E-state index in [-0.39, 0.29) is 23.7 Å². The van der Waals surface area contributed by atoms with Gasteiger partial charge in [0.05, 0.1) is 19.0 Å². The summed E-state index contributed by atoms with van der Waals surface area (Å²) in [6.07, 6.45) is 3.85. The van der Waals surface area contributed by atoms with Crippen molar-refractivity contribution in [3.05, 3.63) is 41.0 Å². The summed E-state index contributed by atoms with van der Waals surface area (Å²) in [5.74, 6) is -0.534. The van der Waals surface area contributed by atoms with E-state index >= 15 is 0 Å². The fraction of sp³-hybridized carbons (Fsp3) is 0.438. The summed E-state index contributed by atoms with van der Waals surface area (Å²) in [6, 6.07) is 1.39. The third kappa shape index (κ3) is 3.05. The highest BCUT2D eigenvalue weighted by molar-refractivity contribution is 7.89. The smallest absolute Gasteiger partial charge is 0.354 e. The van der Waals surface area contributed by atoms with Gasteiger partial charge in [-0.2, -0.15) is 14.5 Å². The van der Waals surface area contributed by atoms with Crippen LogP contribution in [-0.4, -0.2) is 46.6 Å². The molecule has 3 rings (SSSR count).